The molecule has 1 heterocycles. The molecule has 0 aliphatic rings. The summed E-state index contributed by atoms with van der Waals surface area (Å²) in [4.78, 5) is 3.93. The maximum atomic E-state index is 13.1. The van der Waals surface area contributed by atoms with E-state index in [2.05, 4.69) is 10.3 Å². The number of nitrogens with one attached hydrogen (secondary N) is 1. The van der Waals surface area contributed by atoms with Crippen molar-refractivity contribution in [2.75, 3.05) is 0 Å². The van der Waals surface area contributed by atoms with Crippen LogP contribution in [0.5, 0.6) is 0 Å². The van der Waals surface area contributed by atoms with E-state index in [0.29, 0.717) is 12.1 Å². The molecule has 2 aromatic rings. The maximum absolute atomic E-state index is 13.1. The second-order valence-corrected chi connectivity index (χ2v) is 4.28. The minimum Gasteiger partial charge on any atom is -0.309 e. The molecule has 0 amide bonds. The fraction of sp³-hybridized carbons (Fsp3) is 0.214. The van der Waals surface area contributed by atoms with Crippen LogP contribution in [0, 0.1) is 5.82 Å². The quantitative estimate of drug-likeness (QED) is 0.869. The van der Waals surface area contributed by atoms with Gasteiger partial charge in [0.25, 0.3) is 0 Å². The van der Waals surface area contributed by atoms with Crippen molar-refractivity contribution in [2.24, 2.45) is 0 Å². The van der Waals surface area contributed by atoms with Crippen molar-refractivity contribution < 1.29 is 17.6 Å². The summed E-state index contributed by atoms with van der Waals surface area (Å²) in [5.74, 6) is -1.26. The molecule has 2 nitrogen and oxygen atoms in total. The summed E-state index contributed by atoms with van der Waals surface area (Å²) in [5, 5.41) is 2.99. The summed E-state index contributed by atoms with van der Waals surface area (Å²) in [6.45, 7) is 0.699. The second kappa shape index (κ2) is 6.00. The predicted octanol–water partition coefficient (Wildman–Crippen LogP) is 3.53. The van der Waals surface area contributed by atoms with Gasteiger partial charge in [0, 0.05) is 25.5 Å². The normalized spacial score (nSPS) is 11.6. The SMILES string of the molecule is Fc1ccc(CNCc2cccnc2)cc1C(F)(F)F. The Balaban J connectivity index is 2.00. The molecule has 1 aromatic carbocycles. The Bertz CT molecular complexity index is 567. The van der Waals surface area contributed by atoms with Crippen LogP contribution in [0.25, 0.3) is 0 Å². The molecule has 0 aliphatic heterocycles. The van der Waals surface area contributed by atoms with Gasteiger partial charge in [0.05, 0.1) is 5.56 Å². The van der Waals surface area contributed by atoms with Gasteiger partial charge in [-0.1, -0.05) is 12.1 Å². The number of aromatic nitrogens is 1. The number of rotatable bonds is 4. The van der Waals surface area contributed by atoms with Gasteiger partial charge in [0.2, 0.25) is 0 Å². The number of hydrogen-bond acceptors (Lipinski definition) is 2. The molecule has 2 rings (SSSR count). The molecule has 0 unspecified atom stereocenters. The van der Waals surface area contributed by atoms with E-state index in [-0.39, 0.29) is 6.54 Å². The Morgan fingerprint density at radius 1 is 1.05 bits per heavy atom. The van der Waals surface area contributed by atoms with Gasteiger partial charge in [-0.05, 0) is 29.3 Å². The molecule has 1 N–H and O–H groups in total. The predicted molar refractivity (Wildman–Crippen MR) is 66.2 cm³/mol. The Labute approximate surface area is 113 Å². The van der Waals surface area contributed by atoms with Crippen LogP contribution in [-0.2, 0) is 19.3 Å². The molecule has 0 atom stereocenters. The van der Waals surface area contributed by atoms with Gasteiger partial charge >= 0.3 is 6.18 Å². The summed E-state index contributed by atoms with van der Waals surface area (Å²) in [7, 11) is 0. The average Bonchev–Trinajstić information content (AvgIpc) is 2.40. The van der Waals surface area contributed by atoms with E-state index in [1.165, 1.54) is 6.07 Å². The molecule has 6 heteroatoms. The maximum Gasteiger partial charge on any atom is 0.419 e. The lowest BCUT2D eigenvalue weighted by atomic mass is 10.1. The van der Waals surface area contributed by atoms with Crippen LogP contribution in [0.4, 0.5) is 17.6 Å². The average molecular weight is 284 g/mol. The summed E-state index contributed by atoms with van der Waals surface area (Å²) in [6, 6.07) is 6.62. The first kappa shape index (κ1) is 14.5. The van der Waals surface area contributed by atoms with E-state index < -0.39 is 17.6 Å². The standard InChI is InChI=1S/C14H12F4N2/c15-13-4-3-10(6-12(13)14(16,17)18)7-20-9-11-2-1-5-19-8-11/h1-6,8,20H,7,9H2. The number of hydrogen-bond donors (Lipinski definition) is 1. The Hall–Kier alpha value is -1.95. The van der Waals surface area contributed by atoms with E-state index >= 15 is 0 Å². The zero-order chi connectivity index (χ0) is 14.6. The molecule has 106 valence electrons. The van der Waals surface area contributed by atoms with Crippen molar-refractivity contribution in [3.63, 3.8) is 0 Å². The molecular weight excluding hydrogens is 272 g/mol. The number of benzene rings is 1. The van der Waals surface area contributed by atoms with Crippen LogP contribution in [-0.4, -0.2) is 4.98 Å². The molecule has 0 radical (unpaired) electrons. The van der Waals surface area contributed by atoms with Gasteiger partial charge in [-0.25, -0.2) is 4.39 Å². The van der Waals surface area contributed by atoms with E-state index in [9.17, 15) is 17.6 Å². The Kier molecular flexibility index (Phi) is 4.34. The van der Waals surface area contributed by atoms with Crippen molar-refractivity contribution in [3.8, 4) is 0 Å². The lowest BCUT2D eigenvalue weighted by molar-refractivity contribution is -0.140. The molecule has 0 bridgehead atoms. The van der Waals surface area contributed by atoms with Crippen LogP contribution in [0.15, 0.2) is 42.7 Å². The van der Waals surface area contributed by atoms with E-state index in [1.54, 1.807) is 18.5 Å². The second-order valence-electron chi connectivity index (χ2n) is 4.28. The van der Waals surface area contributed by atoms with Crippen molar-refractivity contribution in [2.45, 2.75) is 19.3 Å². The molecule has 0 saturated heterocycles. The van der Waals surface area contributed by atoms with Crippen molar-refractivity contribution in [1.29, 1.82) is 0 Å². The van der Waals surface area contributed by atoms with Gasteiger partial charge in [-0.3, -0.25) is 4.98 Å². The first-order valence-corrected chi connectivity index (χ1v) is 5.92. The minimum atomic E-state index is -4.68. The number of nitrogens with zero attached hydrogens (tertiary/aromatic N) is 1. The van der Waals surface area contributed by atoms with E-state index in [4.69, 9.17) is 0 Å². The van der Waals surface area contributed by atoms with Crippen molar-refractivity contribution in [1.82, 2.24) is 10.3 Å². The third kappa shape index (κ3) is 3.77. The smallest absolute Gasteiger partial charge is 0.309 e. The van der Waals surface area contributed by atoms with Crippen LogP contribution in [0.1, 0.15) is 16.7 Å². The first-order chi connectivity index (χ1) is 9.47. The third-order valence-corrected chi connectivity index (χ3v) is 2.72. The number of alkyl halides is 3. The van der Waals surface area contributed by atoms with Gasteiger partial charge in [0.1, 0.15) is 5.82 Å². The van der Waals surface area contributed by atoms with Crippen LogP contribution < -0.4 is 5.32 Å². The highest BCUT2D eigenvalue weighted by Crippen LogP contribution is 2.31. The fourth-order valence-electron chi connectivity index (χ4n) is 1.75. The van der Waals surface area contributed by atoms with Crippen LogP contribution >= 0.6 is 0 Å². The third-order valence-electron chi connectivity index (χ3n) is 2.72. The topological polar surface area (TPSA) is 24.9 Å². The highest BCUT2D eigenvalue weighted by molar-refractivity contribution is 5.27. The fourth-order valence-corrected chi connectivity index (χ4v) is 1.75. The molecule has 0 fully saturated rings. The minimum absolute atomic E-state index is 0.220. The molecular formula is C14H12F4N2. The van der Waals surface area contributed by atoms with Gasteiger partial charge < -0.3 is 5.32 Å². The molecule has 0 spiro atoms. The Morgan fingerprint density at radius 3 is 2.45 bits per heavy atom. The molecule has 0 saturated carbocycles. The summed E-state index contributed by atoms with van der Waals surface area (Å²) < 4.78 is 50.7. The van der Waals surface area contributed by atoms with Crippen LogP contribution in [0.2, 0.25) is 0 Å². The first-order valence-electron chi connectivity index (χ1n) is 5.92. The van der Waals surface area contributed by atoms with Gasteiger partial charge in [0.15, 0.2) is 0 Å². The zero-order valence-electron chi connectivity index (χ0n) is 10.4. The van der Waals surface area contributed by atoms with E-state index in [0.717, 1.165) is 17.7 Å². The Morgan fingerprint density at radius 2 is 1.80 bits per heavy atom. The lowest BCUT2D eigenvalue weighted by Gasteiger charge is -2.10. The van der Waals surface area contributed by atoms with Gasteiger partial charge in [-0.2, -0.15) is 13.2 Å². The lowest BCUT2D eigenvalue weighted by Crippen LogP contribution is -2.14. The largest absolute Gasteiger partial charge is 0.419 e. The molecule has 20 heavy (non-hydrogen) atoms. The number of halogens is 4. The summed E-state index contributed by atoms with van der Waals surface area (Å²) in [6.07, 6.45) is -1.37. The monoisotopic (exact) mass is 284 g/mol. The summed E-state index contributed by atoms with van der Waals surface area (Å²) in [5.41, 5.74) is 0.0615. The summed E-state index contributed by atoms with van der Waals surface area (Å²) >= 11 is 0. The molecule has 0 aliphatic carbocycles. The van der Waals surface area contributed by atoms with Crippen molar-refractivity contribution in [3.05, 3.63) is 65.2 Å². The zero-order valence-corrected chi connectivity index (χ0v) is 10.4. The van der Waals surface area contributed by atoms with Gasteiger partial charge in [-0.15, -0.1) is 0 Å². The highest BCUT2D eigenvalue weighted by Gasteiger charge is 2.34. The van der Waals surface area contributed by atoms with E-state index in [1.807, 2.05) is 6.07 Å². The molecule has 1 aromatic heterocycles. The van der Waals surface area contributed by atoms with Crippen LogP contribution in [0.3, 0.4) is 0 Å². The highest BCUT2D eigenvalue weighted by atomic mass is 19.4. The number of pyridine rings is 1. The van der Waals surface area contributed by atoms with Crippen molar-refractivity contribution >= 4 is 0 Å².